The average Bonchev–Trinajstić information content (AvgIpc) is 2.92. The number of carbonyl (C=O) groups excluding carboxylic acids is 1. The van der Waals surface area contributed by atoms with Crippen molar-refractivity contribution in [3.8, 4) is 5.75 Å². The third-order valence-electron chi connectivity index (χ3n) is 2.31. The van der Waals surface area contributed by atoms with E-state index in [1.54, 1.807) is 5.38 Å². The fourth-order valence-electron chi connectivity index (χ4n) is 1.41. The molecule has 1 N–H and O–H groups in total. The number of nitro groups is 1. The molecule has 19 heavy (non-hydrogen) atoms. The Kier molecular flexibility index (Phi) is 3.71. The number of nitrogens with one attached hydrogen (secondary N) is 1. The predicted octanol–water partition coefficient (Wildman–Crippen LogP) is 2.31. The van der Waals surface area contributed by atoms with Gasteiger partial charge in [0, 0.05) is 5.38 Å². The average molecular weight is 282 g/mol. The summed E-state index contributed by atoms with van der Waals surface area (Å²) in [6.07, 6.45) is 0. The number of benzene rings is 1. The number of anilines is 1. The SMILES string of the molecule is COc1ccc(N[13C](=O)[13c]2cscn2)c([15N+](=O)[O-])c1. The molecule has 98 valence electrons. The first kappa shape index (κ1) is 13.0. The lowest BCUT2D eigenvalue weighted by Crippen LogP contribution is -2.13. The topological polar surface area (TPSA) is 94.4 Å². The number of hydrogen-bond acceptors (Lipinski definition) is 6. The number of methoxy groups -OCH3 is 1. The summed E-state index contributed by atoms with van der Waals surface area (Å²) in [7, 11) is 1.41. The molecule has 0 saturated heterocycles. The van der Waals surface area contributed by atoms with Crippen molar-refractivity contribution in [1.82, 2.24) is 4.98 Å². The highest BCUT2D eigenvalue weighted by atomic mass is 32.1. The molecule has 1 heterocycles. The Bertz CT molecular complexity index is 612. The number of thiazole rings is 1. The number of aromatic nitrogens is 1. The minimum atomic E-state index is -0.584. The minimum Gasteiger partial charge on any atom is -0.496 e. The second-order valence-corrected chi connectivity index (χ2v) is 4.19. The summed E-state index contributed by atoms with van der Waals surface area (Å²) in [5.74, 6) is -0.145. The molecule has 1 aromatic heterocycles. The zero-order valence-corrected chi connectivity index (χ0v) is 10.6. The lowest BCUT2D eigenvalue weighted by atomic mass is 10.2. The number of rotatable bonds is 4. The van der Waals surface area contributed by atoms with Crippen molar-refractivity contribution in [3.63, 3.8) is 0 Å². The molecule has 0 unspecified atom stereocenters. The summed E-state index contributed by atoms with van der Waals surface area (Å²) in [4.78, 5) is 26.0. The summed E-state index contributed by atoms with van der Waals surface area (Å²) in [5, 5.41) is 15.0. The minimum absolute atomic E-state index is 0.101. The van der Waals surface area contributed by atoms with E-state index in [0.717, 1.165) is 0 Å². The third kappa shape index (κ3) is 2.86. The Balaban J connectivity index is 2.29. The molecule has 0 radical (unpaired) electrons. The molecular weight excluding hydrogens is 273 g/mol. The van der Waals surface area contributed by atoms with E-state index < -0.39 is 10.8 Å². The summed E-state index contributed by atoms with van der Waals surface area (Å²) >= 11 is 1.27. The molecule has 1 aromatic carbocycles. The van der Waals surface area contributed by atoms with Crippen molar-refractivity contribution >= 4 is 28.6 Å². The van der Waals surface area contributed by atoms with Crippen LogP contribution in [0, 0.1) is 10.1 Å². The Morgan fingerprint density at radius 1 is 1.53 bits per heavy atom. The first-order valence-corrected chi connectivity index (χ1v) is 6.08. The van der Waals surface area contributed by atoms with Crippen molar-refractivity contribution in [3.05, 3.63) is 44.9 Å². The molecule has 0 spiro atoms. The number of amides is 1. The van der Waals surface area contributed by atoms with E-state index in [2.05, 4.69) is 10.3 Å². The van der Waals surface area contributed by atoms with E-state index in [-0.39, 0.29) is 17.1 Å². The maximum Gasteiger partial charge on any atom is 0.296 e. The van der Waals surface area contributed by atoms with Gasteiger partial charge in [0.2, 0.25) is 0 Å². The van der Waals surface area contributed by atoms with Gasteiger partial charge in [-0.25, -0.2) is 4.98 Å². The summed E-state index contributed by atoms with van der Waals surface area (Å²) in [5.41, 5.74) is 1.60. The molecule has 7 nitrogen and oxygen atoms in total. The van der Waals surface area contributed by atoms with Crippen LogP contribution in [0.3, 0.4) is 0 Å². The van der Waals surface area contributed by atoms with Gasteiger partial charge in [0.05, 0.1) is 23.6 Å². The van der Waals surface area contributed by atoms with Crippen LogP contribution < -0.4 is 10.1 Å². The van der Waals surface area contributed by atoms with Crippen LogP contribution in [-0.4, -0.2) is 22.9 Å². The Hall–Kier alpha value is -2.48. The number of nitro benzene ring substituents is 1. The highest BCUT2D eigenvalue weighted by molar-refractivity contribution is 7.07. The van der Waals surface area contributed by atoms with Gasteiger partial charge in [-0.3, -0.25) is 14.9 Å². The monoisotopic (exact) mass is 282 g/mol. The quantitative estimate of drug-likeness (QED) is 0.402. The molecule has 2 rings (SSSR count). The fraction of sp³-hybridized carbons (Fsp3) is 0.0909. The molecular formula is C11H9N3O4S. The first-order chi connectivity index (χ1) is 9.11. The molecule has 0 fully saturated rings. The normalized spacial score (nSPS) is 9.95. The van der Waals surface area contributed by atoms with Gasteiger partial charge in [-0.05, 0) is 12.1 Å². The number of hydrogen-bond donors (Lipinski definition) is 1. The lowest BCUT2D eigenvalue weighted by molar-refractivity contribution is -0.384. The van der Waals surface area contributed by atoms with Crippen LogP contribution in [0.5, 0.6) is 5.75 Å². The summed E-state index contributed by atoms with van der Waals surface area (Å²) in [6, 6.07) is 4.20. The molecule has 0 aliphatic rings. The molecule has 0 atom stereocenters. The Morgan fingerprint density at radius 3 is 2.89 bits per heavy atom. The largest absolute Gasteiger partial charge is 0.496 e. The zero-order chi connectivity index (χ0) is 13.8. The van der Waals surface area contributed by atoms with Crippen LogP contribution >= 0.6 is 11.3 Å². The third-order valence-corrected chi connectivity index (χ3v) is 2.90. The van der Waals surface area contributed by atoms with E-state index in [1.165, 1.54) is 42.2 Å². The van der Waals surface area contributed by atoms with Crippen LogP contribution in [-0.2, 0) is 0 Å². The highest BCUT2D eigenvalue weighted by Crippen LogP contribution is 2.29. The van der Waals surface area contributed by atoms with E-state index in [9.17, 15) is 14.9 Å². The molecule has 1 amide bonds. The first-order valence-electron chi connectivity index (χ1n) is 5.14. The van der Waals surface area contributed by atoms with Crippen molar-refractivity contribution in [2.75, 3.05) is 12.4 Å². The van der Waals surface area contributed by atoms with E-state index in [0.29, 0.717) is 5.75 Å². The second-order valence-electron chi connectivity index (χ2n) is 3.47. The maximum absolute atomic E-state index is 11.8. The summed E-state index contributed by atoms with van der Waals surface area (Å²) in [6.45, 7) is 0. The smallest absolute Gasteiger partial charge is 0.296 e. The fourth-order valence-corrected chi connectivity index (χ4v) is 1.94. The lowest BCUT2D eigenvalue weighted by Gasteiger charge is -2.06. The molecule has 0 bridgehead atoms. The molecule has 0 aliphatic heterocycles. The predicted molar refractivity (Wildman–Crippen MR) is 69.7 cm³/mol. The van der Waals surface area contributed by atoms with E-state index in [1.807, 2.05) is 0 Å². The van der Waals surface area contributed by atoms with Crippen molar-refractivity contribution in [2.24, 2.45) is 0 Å². The highest BCUT2D eigenvalue weighted by Gasteiger charge is 2.18. The van der Waals surface area contributed by atoms with Crippen LogP contribution in [0.4, 0.5) is 11.4 Å². The number of nitrogens with zero attached hydrogens (tertiary/aromatic N) is 2. The van der Waals surface area contributed by atoms with Gasteiger partial charge >= 0.3 is 0 Å². The molecule has 0 aliphatic carbocycles. The van der Waals surface area contributed by atoms with E-state index >= 15 is 0 Å². The van der Waals surface area contributed by atoms with Gasteiger partial charge in [0.25, 0.3) is 11.6 Å². The Labute approximate surface area is 112 Å². The molecule has 8 heteroatoms. The van der Waals surface area contributed by atoms with E-state index in [4.69, 9.17) is 4.74 Å². The van der Waals surface area contributed by atoms with Crippen LogP contribution in [0.1, 0.15) is 10.5 Å². The van der Waals surface area contributed by atoms with Crippen molar-refractivity contribution in [2.45, 2.75) is 0 Å². The molecule has 2 aromatic rings. The standard InChI is InChI=1S/C11H9N3O4S/c1-18-7-2-3-8(10(4-7)14(16)17)13-11(15)9-5-19-6-12-9/h2-6H,1H3,(H,13,15)/i9+1,11+1,14+1. The van der Waals surface area contributed by atoms with Gasteiger partial charge < -0.3 is 10.1 Å². The van der Waals surface area contributed by atoms with Gasteiger partial charge in [-0.2, -0.15) is 0 Å². The van der Waals surface area contributed by atoms with Crippen LogP contribution in [0.25, 0.3) is 0 Å². The van der Waals surface area contributed by atoms with Crippen LogP contribution in [0.2, 0.25) is 0 Å². The molecule has 0 saturated carbocycles. The number of carbonyl (C=O) groups is 1. The Morgan fingerprint density at radius 2 is 2.32 bits per heavy atom. The zero-order valence-electron chi connectivity index (χ0n) is 9.82. The van der Waals surface area contributed by atoms with Gasteiger partial charge in [-0.15, -0.1) is 11.3 Å². The second kappa shape index (κ2) is 5.44. The van der Waals surface area contributed by atoms with Gasteiger partial charge in [0.1, 0.15) is 17.1 Å². The van der Waals surface area contributed by atoms with Crippen molar-refractivity contribution in [1.29, 1.82) is 0 Å². The van der Waals surface area contributed by atoms with Gasteiger partial charge in [-0.1, -0.05) is 0 Å². The van der Waals surface area contributed by atoms with Crippen LogP contribution in [0.15, 0.2) is 29.1 Å². The maximum atomic E-state index is 11.8. The van der Waals surface area contributed by atoms with Gasteiger partial charge in [0.15, 0.2) is 0 Å². The van der Waals surface area contributed by atoms with Crippen molar-refractivity contribution < 1.29 is 14.5 Å². The number of ether oxygens (including phenoxy) is 1. The summed E-state index contributed by atoms with van der Waals surface area (Å²) < 4.78 is 4.91.